The van der Waals surface area contributed by atoms with Crippen LogP contribution in [0.4, 0.5) is 0 Å². The number of aliphatic imine (C=N–C) groups is 1. The van der Waals surface area contributed by atoms with Gasteiger partial charge in [-0.15, -0.1) is 0 Å². The smallest absolute Gasteiger partial charge is 0.203 e. The Balaban J connectivity index is 3.22. The van der Waals surface area contributed by atoms with E-state index in [0.29, 0.717) is 23.8 Å². The fourth-order valence-corrected chi connectivity index (χ4v) is 1.36. The third-order valence-corrected chi connectivity index (χ3v) is 2.02. The van der Waals surface area contributed by atoms with Gasteiger partial charge in [0.25, 0.3) is 0 Å². The van der Waals surface area contributed by atoms with E-state index in [1.165, 1.54) is 0 Å². The molecule has 0 atom stereocenters. The molecule has 0 unspecified atom stereocenters. The van der Waals surface area contributed by atoms with Gasteiger partial charge in [-0.2, -0.15) is 0 Å². The van der Waals surface area contributed by atoms with Crippen molar-refractivity contribution in [2.24, 2.45) is 4.99 Å². The van der Waals surface area contributed by atoms with Gasteiger partial charge in [-0.05, 0) is 24.4 Å². The molecule has 0 saturated carbocycles. The molecule has 1 rings (SSSR count). The highest BCUT2D eigenvalue weighted by Gasteiger charge is 2.12. The van der Waals surface area contributed by atoms with Crippen LogP contribution in [0, 0.1) is 0 Å². The summed E-state index contributed by atoms with van der Waals surface area (Å²) in [5.74, 6) is 1.86. The van der Waals surface area contributed by atoms with E-state index >= 15 is 0 Å². The molecule has 0 bridgehead atoms. The van der Waals surface area contributed by atoms with Crippen molar-refractivity contribution in [2.45, 2.75) is 6.54 Å². The Hall–Kier alpha value is -1.71. The fourth-order valence-electron chi connectivity index (χ4n) is 1.36. The van der Waals surface area contributed by atoms with Gasteiger partial charge in [0, 0.05) is 0 Å². The van der Waals surface area contributed by atoms with Gasteiger partial charge in [-0.1, -0.05) is 0 Å². The van der Waals surface area contributed by atoms with Crippen molar-refractivity contribution in [1.82, 2.24) is 0 Å². The number of hydrogen-bond acceptors (Lipinski definition) is 4. The summed E-state index contributed by atoms with van der Waals surface area (Å²) in [5, 5.41) is 0. The lowest BCUT2D eigenvalue weighted by atomic mass is 10.2. The van der Waals surface area contributed by atoms with Crippen molar-refractivity contribution in [3.63, 3.8) is 0 Å². The average molecular weight is 209 g/mol. The van der Waals surface area contributed by atoms with E-state index in [-0.39, 0.29) is 0 Å². The molecule has 4 nitrogen and oxygen atoms in total. The Morgan fingerprint density at radius 1 is 1.07 bits per heavy atom. The highest BCUT2D eigenvalue weighted by atomic mass is 16.5. The van der Waals surface area contributed by atoms with Crippen molar-refractivity contribution in [3.05, 3.63) is 17.7 Å². The van der Waals surface area contributed by atoms with Crippen LogP contribution in [0.15, 0.2) is 17.1 Å². The van der Waals surface area contributed by atoms with E-state index in [1.54, 1.807) is 21.3 Å². The Kier molecular flexibility index (Phi) is 3.97. The number of ether oxygens (including phenoxy) is 3. The summed E-state index contributed by atoms with van der Waals surface area (Å²) in [6, 6.07) is 3.71. The fraction of sp³-hybridized carbons (Fsp3) is 0.364. The molecular formula is C11H15NO3. The zero-order valence-corrected chi connectivity index (χ0v) is 9.24. The average Bonchev–Trinajstić information content (AvgIpc) is 2.28. The van der Waals surface area contributed by atoms with Crippen LogP contribution < -0.4 is 14.2 Å². The van der Waals surface area contributed by atoms with Gasteiger partial charge in [-0.25, -0.2) is 0 Å². The van der Waals surface area contributed by atoms with E-state index in [1.807, 2.05) is 12.1 Å². The van der Waals surface area contributed by atoms with Crippen LogP contribution in [0.3, 0.4) is 0 Å². The van der Waals surface area contributed by atoms with Gasteiger partial charge in [0.15, 0.2) is 11.5 Å². The Bertz CT molecular complexity index is 325. The molecule has 0 fully saturated rings. The van der Waals surface area contributed by atoms with Gasteiger partial charge < -0.3 is 14.2 Å². The van der Waals surface area contributed by atoms with Crippen molar-refractivity contribution in [1.29, 1.82) is 0 Å². The van der Waals surface area contributed by atoms with Crippen molar-refractivity contribution in [2.75, 3.05) is 21.3 Å². The predicted octanol–water partition coefficient (Wildman–Crippen LogP) is 1.91. The maximum absolute atomic E-state index is 5.20. The summed E-state index contributed by atoms with van der Waals surface area (Å²) >= 11 is 0. The first-order chi connectivity index (χ1) is 7.26. The molecule has 0 amide bonds. The second kappa shape index (κ2) is 5.24. The first-order valence-electron chi connectivity index (χ1n) is 4.48. The van der Waals surface area contributed by atoms with E-state index in [9.17, 15) is 0 Å². The Morgan fingerprint density at radius 3 is 1.93 bits per heavy atom. The minimum Gasteiger partial charge on any atom is -0.493 e. The first kappa shape index (κ1) is 11.4. The van der Waals surface area contributed by atoms with E-state index in [2.05, 4.69) is 11.7 Å². The minimum atomic E-state index is 0.525. The molecule has 1 aromatic rings. The molecule has 0 aromatic heterocycles. The summed E-state index contributed by atoms with van der Waals surface area (Å²) in [6.45, 7) is 3.97. The lowest BCUT2D eigenvalue weighted by molar-refractivity contribution is 0.324. The molecule has 0 aliphatic rings. The molecule has 0 aliphatic carbocycles. The van der Waals surface area contributed by atoms with Crippen LogP contribution in [-0.2, 0) is 6.54 Å². The van der Waals surface area contributed by atoms with Crippen LogP contribution in [0.25, 0.3) is 0 Å². The van der Waals surface area contributed by atoms with E-state index in [0.717, 1.165) is 5.56 Å². The Labute approximate surface area is 89.5 Å². The molecule has 15 heavy (non-hydrogen) atoms. The second-order valence-corrected chi connectivity index (χ2v) is 2.92. The maximum atomic E-state index is 5.20. The number of nitrogens with zero attached hydrogens (tertiary/aromatic N) is 1. The van der Waals surface area contributed by atoms with E-state index in [4.69, 9.17) is 14.2 Å². The van der Waals surface area contributed by atoms with Gasteiger partial charge in [0.05, 0.1) is 27.9 Å². The highest BCUT2D eigenvalue weighted by molar-refractivity contribution is 5.53. The number of methoxy groups -OCH3 is 3. The van der Waals surface area contributed by atoms with E-state index < -0.39 is 0 Å². The summed E-state index contributed by atoms with van der Waals surface area (Å²) in [5.41, 5.74) is 0.972. The van der Waals surface area contributed by atoms with Gasteiger partial charge >= 0.3 is 0 Å². The van der Waals surface area contributed by atoms with Crippen LogP contribution in [0.2, 0.25) is 0 Å². The quantitative estimate of drug-likeness (QED) is 0.695. The zero-order valence-electron chi connectivity index (χ0n) is 9.24. The number of benzene rings is 1. The summed E-state index contributed by atoms with van der Waals surface area (Å²) in [6.07, 6.45) is 0. The van der Waals surface area contributed by atoms with Crippen LogP contribution in [0.1, 0.15) is 5.56 Å². The summed E-state index contributed by atoms with van der Waals surface area (Å²) in [4.78, 5) is 3.81. The molecule has 4 heteroatoms. The third-order valence-electron chi connectivity index (χ3n) is 2.02. The topological polar surface area (TPSA) is 40.0 Å². The molecule has 1 aromatic carbocycles. The lowest BCUT2D eigenvalue weighted by Gasteiger charge is -2.13. The zero-order chi connectivity index (χ0) is 11.3. The SMILES string of the molecule is C=NCc1cc(OC)c(OC)c(OC)c1. The largest absolute Gasteiger partial charge is 0.493 e. The molecule has 82 valence electrons. The minimum absolute atomic E-state index is 0.525. The molecule has 0 heterocycles. The molecule has 0 N–H and O–H groups in total. The van der Waals surface area contributed by atoms with Crippen molar-refractivity contribution in [3.8, 4) is 17.2 Å². The molecule has 0 saturated heterocycles. The lowest BCUT2D eigenvalue weighted by Crippen LogP contribution is -1.96. The first-order valence-corrected chi connectivity index (χ1v) is 4.48. The number of rotatable bonds is 5. The monoisotopic (exact) mass is 209 g/mol. The molecule has 0 radical (unpaired) electrons. The Morgan fingerprint density at radius 2 is 1.60 bits per heavy atom. The normalized spacial score (nSPS) is 9.53. The standard InChI is InChI=1S/C11H15NO3/c1-12-7-8-5-9(13-2)11(15-4)10(6-8)14-3/h5-6H,1,7H2,2-4H3. The predicted molar refractivity (Wildman–Crippen MR) is 59.4 cm³/mol. The maximum Gasteiger partial charge on any atom is 0.203 e. The third kappa shape index (κ3) is 2.40. The van der Waals surface area contributed by atoms with Crippen LogP contribution in [0.5, 0.6) is 17.2 Å². The summed E-state index contributed by atoms with van der Waals surface area (Å²) < 4.78 is 15.6. The molecule has 0 spiro atoms. The number of hydrogen-bond donors (Lipinski definition) is 0. The van der Waals surface area contributed by atoms with Crippen molar-refractivity contribution < 1.29 is 14.2 Å². The molecular weight excluding hydrogens is 194 g/mol. The van der Waals surface area contributed by atoms with Crippen molar-refractivity contribution >= 4 is 6.72 Å². The van der Waals surface area contributed by atoms with Gasteiger partial charge in [0.1, 0.15) is 0 Å². The van der Waals surface area contributed by atoms with Crippen LogP contribution in [-0.4, -0.2) is 28.0 Å². The van der Waals surface area contributed by atoms with Gasteiger partial charge in [-0.3, -0.25) is 4.99 Å². The summed E-state index contributed by atoms with van der Waals surface area (Å²) in [7, 11) is 4.75. The second-order valence-electron chi connectivity index (χ2n) is 2.92. The molecule has 0 aliphatic heterocycles. The highest BCUT2D eigenvalue weighted by Crippen LogP contribution is 2.38. The van der Waals surface area contributed by atoms with Gasteiger partial charge in [0.2, 0.25) is 5.75 Å². The van der Waals surface area contributed by atoms with Crippen LogP contribution >= 0.6 is 0 Å².